The van der Waals surface area contributed by atoms with Crippen molar-refractivity contribution in [1.29, 1.82) is 5.26 Å². The Labute approximate surface area is 170 Å². The lowest BCUT2D eigenvalue weighted by molar-refractivity contribution is 0.123. The lowest BCUT2D eigenvalue weighted by Crippen LogP contribution is -2.36. The van der Waals surface area contributed by atoms with E-state index in [-0.39, 0.29) is 0 Å². The summed E-state index contributed by atoms with van der Waals surface area (Å²) in [6.45, 7) is 5.10. The van der Waals surface area contributed by atoms with Crippen LogP contribution in [0.2, 0.25) is 0 Å². The summed E-state index contributed by atoms with van der Waals surface area (Å²) in [6, 6.07) is 19.6. The molecule has 29 heavy (non-hydrogen) atoms. The molecule has 0 bridgehead atoms. The van der Waals surface area contributed by atoms with E-state index in [1.165, 1.54) is 0 Å². The van der Waals surface area contributed by atoms with Crippen LogP contribution in [0.3, 0.4) is 0 Å². The van der Waals surface area contributed by atoms with Crippen molar-refractivity contribution in [2.75, 3.05) is 41.8 Å². The van der Waals surface area contributed by atoms with Gasteiger partial charge in [-0.3, -0.25) is 0 Å². The molecule has 1 aromatic heterocycles. The maximum atomic E-state index is 9.30. The van der Waals surface area contributed by atoms with E-state index in [2.05, 4.69) is 37.6 Å². The molecule has 2 aromatic carbocycles. The van der Waals surface area contributed by atoms with Gasteiger partial charge in [-0.05, 0) is 31.2 Å². The lowest BCUT2D eigenvalue weighted by Gasteiger charge is -2.30. The van der Waals surface area contributed by atoms with Crippen molar-refractivity contribution in [2.24, 2.45) is 0 Å². The highest BCUT2D eigenvalue weighted by atomic mass is 16.5. The fourth-order valence-electron chi connectivity index (χ4n) is 3.30. The van der Waals surface area contributed by atoms with E-state index in [4.69, 9.17) is 4.74 Å². The van der Waals surface area contributed by atoms with Crippen LogP contribution in [0.5, 0.6) is 0 Å². The van der Waals surface area contributed by atoms with Gasteiger partial charge in [-0.15, -0.1) is 0 Å². The van der Waals surface area contributed by atoms with Crippen LogP contribution in [0.4, 0.5) is 28.8 Å². The van der Waals surface area contributed by atoms with E-state index in [0.29, 0.717) is 23.0 Å². The second-order valence-corrected chi connectivity index (χ2v) is 6.74. The summed E-state index contributed by atoms with van der Waals surface area (Å²) in [4.78, 5) is 11.4. The molecule has 0 unspecified atom stereocenters. The number of nitriles is 1. The van der Waals surface area contributed by atoms with Crippen LogP contribution >= 0.6 is 0 Å². The molecule has 3 aromatic rings. The number of para-hydroxylation sites is 3. The van der Waals surface area contributed by atoms with Gasteiger partial charge in [0.05, 0.1) is 35.8 Å². The van der Waals surface area contributed by atoms with Crippen LogP contribution in [0, 0.1) is 18.3 Å². The molecular formula is C22H22N6O. The number of hydrogen-bond donors (Lipinski definition) is 2. The van der Waals surface area contributed by atoms with Crippen molar-refractivity contribution < 1.29 is 4.74 Å². The Kier molecular flexibility index (Phi) is 5.54. The zero-order valence-corrected chi connectivity index (χ0v) is 16.2. The molecule has 1 saturated heterocycles. The van der Waals surface area contributed by atoms with Crippen molar-refractivity contribution in [3.8, 4) is 6.07 Å². The Bertz CT molecular complexity index is 1040. The number of benzene rings is 2. The Hall–Kier alpha value is -3.63. The molecule has 1 fully saturated rings. The van der Waals surface area contributed by atoms with Gasteiger partial charge in [-0.2, -0.15) is 10.2 Å². The molecule has 1 aliphatic rings. The minimum absolute atomic E-state index is 0.444. The average molecular weight is 386 g/mol. The number of anilines is 5. The van der Waals surface area contributed by atoms with Gasteiger partial charge >= 0.3 is 0 Å². The van der Waals surface area contributed by atoms with Gasteiger partial charge in [0.15, 0.2) is 0 Å². The summed E-state index contributed by atoms with van der Waals surface area (Å²) < 4.78 is 5.47. The van der Waals surface area contributed by atoms with Gasteiger partial charge in [0.1, 0.15) is 11.9 Å². The third kappa shape index (κ3) is 4.45. The van der Waals surface area contributed by atoms with Crippen LogP contribution in [0.1, 0.15) is 11.3 Å². The number of rotatable bonds is 5. The zero-order chi connectivity index (χ0) is 20.1. The predicted molar refractivity (Wildman–Crippen MR) is 114 cm³/mol. The normalized spacial score (nSPS) is 13.6. The van der Waals surface area contributed by atoms with Crippen molar-refractivity contribution in [3.05, 3.63) is 65.9 Å². The summed E-state index contributed by atoms with van der Waals surface area (Å²) in [6.07, 6.45) is 0. The van der Waals surface area contributed by atoms with E-state index in [1.807, 2.05) is 49.4 Å². The van der Waals surface area contributed by atoms with Crippen LogP contribution in [-0.2, 0) is 4.74 Å². The van der Waals surface area contributed by atoms with Gasteiger partial charge in [-0.1, -0.05) is 24.3 Å². The Morgan fingerprint density at radius 2 is 1.69 bits per heavy atom. The maximum Gasteiger partial charge on any atom is 0.229 e. The van der Waals surface area contributed by atoms with Crippen LogP contribution < -0.4 is 15.5 Å². The molecule has 4 rings (SSSR count). The summed E-state index contributed by atoms with van der Waals surface area (Å²) in [5.74, 6) is 1.13. The van der Waals surface area contributed by atoms with Gasteiger partial charge in [0.25, 0.3) is 0 Å². The van der Waals surface area contributed by atoms with Gasteiger partial charge < -0.3 is 20.3 Å². The van der Waals surface area contributed by atoms with Crippen molar-refractivity contribution in [2.45, 2.75) is 6.92 Å². The van der Waals surface area contributed by atoms with Gasteiger partial charge in [-0.25, -0.2) is 4.98 Å². The largest absolute Gasteiger partial charge is 0.378 e. The molecule has 2 heterocycles. The number of ether oxygens (including phenoxy) is 1. The van der Waals surface area contributed by atoms with Crippen molar-refractivity contribution in [1.82, 2.24) is 9.97 Å². The van der Waals surface area contributed by atoms with E-state index in [1.54, 1.807) is 6.07 Å². The first kappa shape index (κ1) is 18.7. The lowest BCUT2D eigenvalue weighted by atomic mass is 10.2. The minimum atomic E-state index is 0.444. The topological polar surface area (TPSA) is 86.1 Å². The predicted octanol–water partition coefficient (Wildman–Crippen LogP) is 3.98. The minimum Gasteiger partial charge on any atom is -0.378 e. The molecule has 0 radical (unpaired) electrons. The summed E-state index contributed by atoms with van der Waals surface area (Å²) in [5, 5.41) is 15.9. The molecule has 1 aliphatic heterocycles. The fraction of sp³-hybridized carbons (Fsp3) is 0.227. The summed E-state index contributed by atoms with van der Waals surface area (Å²) >= 11 is 0. The molecular weight excluding hydrogens is 364 g/mol. The quantitative estimate of drug-likeness (QED) is 0.686. The smallest absolute Gasteiger partial charge is 0.229 e. The summed E-state index contributed by atoms with van der Waals surface area (Å²) in [5.41, 5.74) is 4.15. The van der Waals surface area contributed by atoms with Crippen LogP contribution in [-0.4, -0.2) is 36.3 Å². The molecule has 0 amide bonds. The highest BCUT2D eigenvalue weighted by Gasteiger charge is 2.15. The van der Waals surface area contributed by atoms with E-state index >= 15 is 0 Å². The number of nitrogens with one attached hydrogen (secondary N) is 2. The van der Waals surface area contributed by atoms with Gasteiger partial charge in [0, 0.05) is 24.8 Å². The molecule has 7 heteroatoms. The molecule has 0 saturated carbocycles. The van der Waals surface area contributed by atoms with E-state index in [9.17, 15) is 5.26 Å². The number of aromatic nitrogens is 2. The maximum absolute atomic E-state index is 9.30. The van der Waals surface area contributed by atoms with Crippen LogP contribution in [0.25, 0.3) is 0 Å². The standard InChI is InChI=1S/C22H22N6O/c1-16-14-21(27-22(24-16)26-18-7-3-2-6-17(18)15-23)25-19-8-4-5-9-20(19)28-10-12-29-13-11-28/h2-9,14H,10-13H2,1H3,(H2,24,25,26,27). The highest BCUT2D eigenvalue weighted by Crippen LogP contribution is 2.29. The van der Waals surface area contributed by atoms with Crippen LogP contribution in [0.15, 0.2) is 54.6 Å². The third-order valence-corrected chi connectivity index (χ3v) is 4.67. The number of aryl methyl sites for hydroxylation is 1. The first-order chi connectivity index (χ1) is 14.2. The first-order valence-corrected chi connectivity index (χ1v) is 9.53. The zero-order valence-electron chi connectivity index (χ0n) is 16.2. The SMILES string of the molecule is Cc1cc(Nc2ccccc2N2CCOCC2)nc(Nc2ccccc2C#N)n1. The number of nitrogens with zero attached hydrogens (tertiary/aromatic N) is 4. The van der Waals surface area contributed by atoms with Crippen molar-refractivity contribution in [3.63, 3.8) is 0 Å². The third-order valence-electron chi connectivity index (χ3n) is 4.67. The van der Waals surface area contributed by atoms with Gasteiger partial charge in [0.2, 0.25) is 5.95 Å². The molecule has 0 atom stereocenters. The summed E-state index contributed by atoms with van der Waals surface area (Å²) in [7, 11) is 0. The second kappa shape index (κ2) is 8.59. The van der Waals surface area contributed by atoms with E-state index in [0.717, 1.165) is 43.4 Å². The second-order valence-electron chi connectivity index (χ2n) is 6.74. The first-order valence-electron chi connectivity index (χ1n) is 9.53. The fourth-order valence-corrected chi connectivity index (χ4v) is 3.30. The molecule has 0 aliphatic carbocycles. The average Bonchev–Trinajstić information content (AvgIpc) is 2.75. The Morgan fingerprint density at radius 3 is 2.48 bits per heavy atom. The number of morpholine rings is 1. The Balaban J connectivity index is 1.60. The van der Waals surface area contributed by atoms with E-state index < -0.39 is 0 Å². The molecule has 2 N–H and O–H groups in total. The monoisotopic (exact) mass is 386 g/mol. The highest BCUT2D eigenvalue weighted by molar-refractivity contribution is 5.75. The van der Waals surface area contributed by atoms with Crippen molar-refractivity contribution >= 4 is 28.8 Å². The molecule has 7 nitrogen and oxygen atoms in total. The number of hydrogen-bond acceptors (Lipinski definition) is 7. The molecule has 146 valence electrons. The molecule has 0 spiro atoms. The Morgan fingerprint density at radius 1 is 0.966 bits per heavy atom.